The molecule has 0 aliphatic rings. The molecular weight excluding hydrogens is 258 g/mol. The maximum atomic E-state index is 5.81. The van der Waals surface area contributed by atoms with E-state index in [-0.39, 0.29) is 6.10 Å². The second-order valence-corrected chi connectivity index (χ2v) is 4.66. The Kier molecular flexibility index (Phi) is 4.39. The van der Waals surface area contributed by atoms with E-state index in [1.807, 2.05) is 19.9 Å². The first kappa shape index (κ1) is 14.1. The van der Waals surface area contributed by atoms with Crippen molar-refractivity contribution in [1.29, 1.82) is 0 Å². The molecule has 0 fully saturated rings. The predicted molar refractivity (Wildman–Crippen MR) is 75.6 cm³/mol. The van der Waals surface area contributed by atoms with Crippen LogP contribution >= 0.6 is 0 Å². The number of anilines is 2. The van der Waals surface area contributed by atoms with Crippen LogP contribution in [0, 0.1) is 6.92 Å². The number of hydrogen-bond donors (Lipinski definition) is 2. The number of aromatic nitrogens is 3. The van der Waals surface area contributed by atoms with Crippen LogP contribution in [0.4, 0.5) is 11.5 Å². The Hall–Kier alpha value is -2.31. The fourth-order valence-corrected chi connectivity index (χ4v) is 1.61. The van der Waals surface area contributed by atoms with Crippen molar-refractivity contribution in [2.24, 2.45) is 0 Å². The zero-order valence-electron chi connectivity index (χ0n) is 11.9. The van der Waals surface area contributed by atoms with Crippen LogP contribution < -0.4 is 15.8 Å². The molecule has 0 aliphatic heterocycles. The van der Waals surface area contributed by atoms with Gasteiger partial charge in [-0.1, -0.05) is 5.16 Å². The smallest absolute Gasteiger partial charge is 0.239 e. The largest absolute Gasteiger partial charge is 0.473 e. The minimum absolute atomic E-state index is 0.0300. The molecule has 0 unspecified atom stereocenters. The molecule has 0 saturated carbocycles. The number of rotatable bonds is 6. The maximum absolute atomic E-state index is 5.81. The van der Waals surface area contributed by atoms with E-state index in [0.29, 0.717) is 42.1 Å². The highest BCUT2D eigenvalue weighted by atomic mass is 16.5. The van der Waals surface area contributed by atoms with Gasteiger partial charge in [0, 0.05) is 19.9 Å². The first-order chi connectivity index (χ1) is 9.54. The van der Waals surface area contributed by atoms with Crippen molar-refractivity contribution in [3.63, 3.8) is 0 Å². The van der Waals surface area contributed by atoms with Gasteiger partial charge in [0.1, 0.15) is 5.82 Å². The molecule has 0 amide bonds. The lowest BCUT2D eigenvalue weighted by Gasteiger charge is -2.12. The van der Waals surface area contributed by atoms with Crippen LogP contribution in [0.25, 0.3) is 0 Å². The summed E-state index contributed by atoms with van der Waals surface area (Å²) >= 11 is 0. The molecule has 0 saturated heterocycles. The molecule has 108 valence electrons. The van der Waals surface area contributed by atoms with Crippen LogP contribution in [0.15, 0.2) is 16.7 Å². The lowest BCUT2D eigenvalue weighted by atomic mass is 10.3. The Balaban J connectivity index is 1.92. The van der Waals surface area contributed by atoms with Gasteiger partial charge in [0.15, 0.2) is 5.82 Å². The molecule has 20 heavy (non-hydrogen) atoms. The van der Waals surface area contributed by atoms with Crippen LogP contribution in [0.2, 0.25) is 0 Å². The first-order valence-corrected chi connectivity index (χ1v) is 6.51. The van der Waals surface area contributed by atoms with E-state index >= 15 is 0 Å². The summed E-state index contributed by atoms with van der Waals surface area (Å²) < 4.78 is 10.4. The Morgan fingerprint density at radius 3 is 2.80 bits per heavy atom. The third kappa shape index (κ3) is 3.84. The van der Waals surface area contributed by atoms with E-state index in [4.69, 9.17) is 15.0 Å². The van der Waals surface area contributed by atoms with Crippen LogP contribution in [0.1, 0.15) is 25.6 Å². The van der Waals surface area contributed by atoms with E-state index in [1.165, 1.54) is 0 Å². The normalized spacial score (nSPS) is 10.8. The molecule has 0 atom stereocenters. The van der Waals surface area contributed by atoms with E-state index in [0.717, 1.165) is 0 Å². The van der Waals surface area contributed by atoms with Crippen molar-refractivity contribution >= 4 is 11.5 Å². The summed E-state index contributed by atoms with van der Waals surface area (Å²) in [6.07, 6.45) is 0.686. The van der Waals surface area contributed by atoms with Gasteiger partial charge < -0.3 is 20.3 Å². The summed E-state index contributed by atoms with van der Waals surface area (Å²) in [7, 11) is 0. The molecule has 0 spiro atoms. The van der Waals surface area contributed by atoms with Crippen molar-refractivity contribution in [2.75, 3.05) is 17.6 Å². The van der Waals surface area contributed by atoms with Crippen LogP contribution in [-0.4, -0.2) is 27.8 Å². The molecule has 2 heterocycles. The molecule has 2 aromatic heterocycles. The van der Waals surface area contributed by atoms with Gasteiger partial charge in [-0.25, -0.2) is 0 Å². The van der Waals surface area contributed by atoms with Gasteiger partial charge in [-0.05, 0) is 26.0 Å². The van der Waals surface area contributed by atoms with Crippen molar-refractivity contribution < 1.29 is 9.26 Å². The minimum Gasteiger partial charge on any atom is -0.473 e. The number of nitrogens with two attached hydrogens (primary N) is 1. The number of hydrogen-bond acceptors (Lipinski definition) is 7. The number of aryl methyl sites for hydroxylation is 1. The summed E-state index contributed by atoms with van der Waals surface area (Å²) in [6.45, 7) is 6.28. The fraction of sp³-hybridized carbons (Fsp3) is 0.462. The van der Waals surface area contributed by atoms with Crippen LogP contribution in [0.3, 0.4) is 0 Å². The SMILES string of the molecule is Cc1nc(CCNc2ccc(N)c(OC(C)C)n2)no1. The molecule has 7 heteroatoms. The topological polar surface area (TPSA) is 99.1 Å². The lowest BCUT2D eigenvalue weighted by Crippen LogP contribution is -2.11. The molecule has 0 aliphatic carbocycles. The lowest BCUT2D eigenvalue weighted by molar-refractivity contribution is 0.234. The second kappa shape index (κ2) is 6.23. The highest BCUT2D eigenvalue weighted by Gasteiger charge is 2.07. The molecule has 7 nitrogen and oxygen atoms in total. The summed E-state index contributed by atoms with van der Waals surface area (Å²) in [4.78, 5) is 8.46. The Morgan fingerprint density at radius 1 is 1.35 bits per heavy atom. The van der Waals surface area contributed by atoms with Gasteiger partial charge in [-0.3, -0.25) is 0 Å². The fourth-order valence-electron chi connectivity index (χ4n) is 1.61. The maximum Gasteiger partial charge on any atom is 0.239 e. The molecule has 0 bridgehead atoms. The molecule has 0 radical (unpaired) electrons. The highest BCUT2D eigenvalue weighted by molar-refractivity contribution is 5.53. The van der Waals surface area contributed by atoms with Crippen LogP contribution in [-0.2, 0) is 6.42 Å². The monoisotopic (exact) mass is 277 g/mol. The highest BCUT2D eigenvalue weighted by Crippen LogP contribution is 2.21. The van der Waals surface area contributed by atoms with Gasteiger partial charge in [0.2, 0.25) is 11.8 Å². The van der Waals surface area contributed by atoms with Gasteiger partial charge in [-0.2, -0.15) is 9.97 Å². The summed E-state index contributed by atoms with van der Waals surface area (Å²) in [5, 5.41) is 7.00. The molecule has 2 rings (SSSR count). The van der Waals surface area contributed by atoms with Crippen molar-refractivity contribution in [1.82, 2.24) is 15.1 Å². The molecular formula is C13H19N5O2. The van der Waals surface area contributed by atoms with Gasteiger partial charge in [-0.15, -0.1) is 0 Å². The van der Waals surface area contributed by atoms with E-state index in [1.54, 1.807) is 13.0 Å². The quantitative estimate of drug-likeness (QED) is 0.830. The van der Waals surface area contributed by atoms with Gasteiger partial charge >= 0.3 is 0 Å². The zero-order chi connectivity index (χ0) is 14.5. The Morgan fingerprint density at radius 2 is 2.15 bits per heavy atom. The van der Waals surface area contributed by atoms with Crippen molar-refractivity contribution in [3.8, 4) is 5.88 Å². The first-order valence-electron chi connectivity index (χ1n) is 6.51. The predicted octanol–water partition coefficient (Wildman–Crippen LogP) is 1.80. The molecule has 0 aromatic carbocycles. The van der Waals surface area contributed by atoms with E-state index in [2.05, 4.69) is 20.4 Å². The van der Waals surface area contributed by atoms with E-state index in [9.17, 15) is 0 Å². The number of nitrogens with one attached hydrogen (secondary N) is 1. The Bertz CT molecular complexity index is 568. The van der Waals surface area contributed by atoms with Gasteiger partial charge in [0.25, 0.3) is 0 Å². The number of nitrogens with zero attached hydrogens (tertiary/aromatic N) is 3. The average molecular weight is 277 g/mol. The third-order valence-corrected chi connectivity index (χ3v) is 2.46. The van der Waals surface area contributed by atoms with Gasteiger partial charge in [0.05, 0.1) is 11.8 Å². The standard InChI is InChI=1S/C13H19N5O2/c1-8(2)19-13-10(14)4-5-11(17-13)15-7-6-12-16-9(3)20-18-12/h4-5,8H,6-7,14H2,1-3H3,(H,15,17). The number of ether oxygens (including phenoxy) is 1. The van der Waals surface area contributed by atoms with Crippen molar-refractivity contribution in [2.45, 2.75) is 33.3 Å². The summed E-state index contributed by atoms with van der Waals surface area (Å²) in [5.41, 5.74) is 6.34. The number of nitrogen functional groups attached to an aromatic ring is 1. The molecule has 3 N–H and O–H groups in total. The van der Waals surface area contributed by atoms with E-state index < -0.39 is 0 Å². The molecule has 2 aromatic rings. The second-order valence-electron chi connectivity index (χ2n) is 4.66. The number of pyridine rings is 1. The van der Waals surface area contributed by atoms with Crippen LogP contribution in [0.5, 0.6) is 5.88 Å². The Labute approximate surface area is 117 Å². The zero-order valence-corrected chi connectivity index (χ0v) is 11.9. The average Bonchev–Trinajstić information content (AvgIpc) is 2.78. The third-order valence-electron chi connectivity index (χ3n) is 2.46. The van der Waals surface area contributed by atoms with Crippen molar-refractivity contribution in [3.05, 3.63) is 23.8 Å². The summed E-state index contributed by atoms with van der Waals surface area (Å²) in [5.74, 6) is 2.39. The minimum atomic E-state index is 0.0300. The summed E-state index contributed by atoms with van der Waals surface area (Å²) in [6, 6.07) is 3.58.